The molecule has 0 unspecified atom stereocenters. The fourth-order valence-electron chi connectivity index (χ4n) is 4.22. The molecule has 2 amide bonds. The molecule has 14 heteroatoms. The molecule has 1 fully saturated rings. The SMILES string of the molecule is Cc1cc([C@@H](C)OC[C@@]2(c3ccccc3)CC[C@H](NC(=O)NCCl)CN2)cc(C(F)(F)F)c1.ClCCl.O=C=NCCCl. The molecule has 0 radical (unpaired) electrons. The van der Waals surface area contributed by atoms with Crippen molar-refractivity contribution < 1.29 is 27.5 Å². The first-order valence-corrected chi connectivity index (χ1v) is 15.0. The van der Waals surface area contributed by atoms with Gasteiger partial charge in [0.2, 0.25) is 6.08 Å². The zero-order chi connectivity index (χ0) is 31.6. The van der Waals surface area contributed by atoms with Gasteiger partial charge in [-0.25, -0.2) is 14.6 Å². The second-order valence-corrected chi connectivity index (χ2v) is 10.6. The number of carbonyl (C=O) groups is 1. The lowest BCUT2D eigenvalue weighted by Gasteiger charge is -2.42. The van der Waals surface area contributed by atoms with Gasteiger partial charge in [0.25, 0.3) is 0 Å². The number of piperidine rings is 1. The summed E-state index contributed by atoms with van der Waals surface area (Å²) in [5, 5.41) is 9.10. The van der Waals surface area contributed by atoms with Crippen LogP contribution >= 0.6 is 46.4 Å². The number of alkyl halides is 7. The number of nitrogens with one attached hydrogen (secondary N) is 3. The zero-order valence-corrected chi connectivity index (χ0v) is 26.3. The van der Waals surface area contributed by atoms with E-state index < -0.39 is 23.4 Å². The number of nitrogens with zero attached hydrogens (tertiary/aromatic N) is 1. The molecule has 1 aliphatic heterocycles. The van der Waals surface area contributed by atoms with Crippen LogP contribution in [0, 0.1) is 6.92 Å². The van der Waals surface area contributed by atoms with Crippen molar-refractivity contribution in [2.45, 2.75) is 50.6 Å². The van der Waals surface area contributed by atoms with Crippen LogP contribution in [0.3, 0.4) is 0 Å². The highest BCUT2D eigenvalue weighted by atomic mass is 35.5. The first-order chi connectivity index (χ1) is 20.0. The fraction of sp³-hybridized carbons (Fsp3) is 0.500. The second-order valence-electron chi connectivity index (χ2n) is 9.19. The van der Waals surface area contributed by atoms with E-state index in [2.05, 4.69) is 20.9 Å². The highest BCUT2D eigenvalue weighted by Gasteiger charge is 2.38. The number of carbonyl (C=O) groups excluding carboxylic acids is 2. The summed E-state index contributed by atoms with van der Waals surface area (Å²) < 4.78 is 45.9. The molecule has 2 aromatic carbocycles. The van der Waals surface area contributed by atoms with Crippen molar-refractivity contribution in [1.82, 2.24) is 16.0 Å². The molecule has 234 valence electrons. The Hall–Kier alpha value is -2.04. The maximum Gasteiger partial charge on any atom is 0.416 e. The van der Waals surface area contributed by atoms with E-state index in [1.807, 2.05) is 30.3 Å². The monoisotopic (exact) mass is 672 g/mol. The van der Waals surface area contributed by atoms with E-state index in [9.17, 15) is 22.8 Å². The molecule has 3 atom stereocenters. The molecule has 3 N–H and O–H groups in total. The van der Waals surface area contributed by atoms with Crippen molar-refractivity contribution in [1.29, 1.82) is 0 Å². The molecule has 42 heavy (non-hydrogen) atoms. The highest BCUT2D eigenvalue weighted by molar-refractivity contribution is 6.40. The molecule has 7 nitrogen and oxygen atoms in total. The first-order valence-electron chi connectivity index (χ1n) is 12.9. The second kappa shape index (κ2) is 20.0. The van der Waals surface area contributed by atoms with Gasteiger partial charge in [-0.3, -0.25) is 0 Å². The van der Waals surface area contributed by atoms with Gasteiger partial charge in [-0.1, -0.05) is 42.0 Å². The van der Waals surface area contributed by atoms with Crippen LogP contribution in [-0.4, -0.2) is 55.1 Å². The van der Waals surface area contributed by atoms with Gasteiger partial charge in [-0.05, 0) is 49.9 Å². The molecule has 1 heterocycles. The van der Waals surface area contributed by atoms with Crippen molar-refractivity contribution in [3.63, 3.8) is 0 Å². The number of aliphatic imine (C=N–C) groups is 1. The molecule has 0 aromatic heterocycles. The molecule has 2 aromatic rings. The normalized spacial score (nSPS) is 18.6. The highest BCUT2D eigenvalue weighted by Crippen LogP contribution is 2.35. The minimum absolute atomic E-state index is 0.0284. The van der Waals surface area contributed by atoms with Crippen molar-refractivity contribution in [2.24, 2.45) is 4.99 Å². The van der Waals surface area contributed by atoms with Crippen LogP contribution in [0.5, 0.6) is 0 Å². The molecule has 1 aliphatic rings. The number of benzene rings is 2. The van der Waals surface area contributed by atoms with E-state index in [4.69, 9.17) is 51.1 Å². The summed E-state index contributed by atoms with van der Waals surface area (Å²) in [5.74, 6) is 0.398. The quantitative estimate of drug-likeness (QED) is 0.114. The van der Waals surface area contributed by atoms with E-state index in [1.54, 1.807) is 19.9 Å². The third-order valence-corrected chi connectivity index (χ3v) is 6.54. The molecular weight excluding hydrogens is 639 g/mol. The molecule has 3 rings (SSSR count). The fourth-order valence-corrected chi connectivity index (χ4v) is 4.43. The van der Waals surface area contributed by atoms with Gasteiger partial charge < -0.3 is 20.7 Å². The summed E-state index contributed by atoms with van der Waals surface area (Å²) >= 11 is 20.2. The lowest BCUT2D eigenvalue weighted by Crippen LogP contribution is -2.58. The summed E-state index contributed by atoms with van der Waals surface area (Å²) in [7, 11) is 0. The molecule has 0 spiro atoms. The third-order valence-electron chi connectivity index (χ3n) is 6.23. The third kappa shape index (κ3) is 13.5. The van der Waals surface area contributed by atoms with Crippen LogP contribution < -0.4 is 16.0 Å². The Labute approximate surface area is 264 Å². The van der Waals surface area contributed by atoms with Gasteiger partial charge in [0.15, 0.2) is 0 Å². The van der Waals surface area contributed by atoms with Gasteiger partial charge in [-0.2, -0.15) is 13.2 Å². The largest absolute Gasteiger partial charge is 0.416 e. The van der Waals surface area contributed by atoms with Crippen molar-refractivity contribution in [3.05, 3.63) is 70.8 Å². The Balaban J connectivity index is 0.000000857. The predicted molar refractivity (Wildman–Crippen MR) is 162 cm³/mol. The maximum absolute atomic E-state index is 13.3. The summed E-state index contributed by atoms with van der Waals surface area (Å²) in [6.45, 7) is 4.58. The standard InChI is InChI=1S/C24H29ClF3N3O2.C3H4ClNO.CH2Cl2/c1-16-10-18(12-20(11-16)24(26,27)28)17(2)33-14-23(19-6-4-3-5-7-19)9-8-21(13-30-23)31-22(32)29-15-25;4-1-2-5-3-6;2-1-3/h3-7,10-12,17,21,30H,8-9,13-15H2,1-2H3,(H2,29,31,32);1-2H2;1H2/t17-,21+,23-;;/m1../s1. The Morgan fingerprint density at radius 1 is 1.19 bits per heavy atom. The minimum Gasteiger partial charge on any atom is -0.372 e. The topological polar surface area (TPSA) is 91.8 Å². The number of rotatable bonds is 9. The molecule has 0 aliphatic carbocycles. The first kappa shape index (κ1) is 38.0. The van der Waals surface area contributed by atoms with Gasteiger partial charge in [0, 0.05) is 18.5 Å². The Morgan fingerprint density at radius 2 is 1.86 bits per heavy atom. The molecule has 1 saturated heterocycles. The van der Waals surface area contributed by atoms with Gasteiger partial charge in [-0.15, -0.1) is 46.4 Å². The average molecular weight is 674 g/mol. The van der Waals surface area contributed by atoms with Gasteiger partial charge >= 0.3 is 12.2 Å². The van der Waals surface area contributed by atoms with Crippen LogP contribution in [-0.2, 0) is 21.2 Å². The van der Waals surface area contributed by atoms with Crippen molar-refractivity contribution in [3.8, 4) is 0 Å². The smallest absolute Gasteiger partial charge is 0.372 e. The van der Waals surface area contributed by atoms with E-state index >= 15 is 0 Å². The molecule has 0 saturated carbocycles. The zero-order valence-electron chi connectivity index (χ0n) is 23.2. The maximum atomic E-state index is 13.3. The summed E-state index contributed by atoms with van der Waals surface area (Å²) in [5.41, 5.74) is 0.853. The van der Waals surface area contributed by atoms with E-state index in [0.717, 1.165) is 17.7 Å². The lowest BCUT2D eigenvalue weighted by molar-refractivity contribution is -0.137. The number of halogens is 7. The lowest BCUT2D eigenvalue weighted by atomic mass is 9.81. The van der Waals surface area contributed by atoms with Crippen molar-refractivity contribution in [2.75, 3.05) is 36.9 Å². The predicted octanol–water partition coefficient (Wildman–Crippen LogP) is 7.22. The Bertz CT molecular complexity index is 1120. The van der Waals surface area contributed by atoms with Crippen molar-refractivity contribution >= 4 is 58.5 Å². The average Bonchev–Trinajstić information content (AvgIpc) is 2.96. The summed E-state index contributed by atoms with van der Waals surface area (Å²) in [6.07, 6.45) is -2.19. The van der Waals surface area contributed by atoms with Gasteiger partial charge in [0.1, 0.15) is 0 Å². The number of urea groups is 1. The Kier molecular flexibility index (Phi) is 18.1. The molecule has 0 bridgehead atoms. The number of ether oxygens (including phenoxy) is 1. The number of hydrogen-bond acceptors (Lipinski definition) is 5. The van der Waals surface area contributed by atoms with E-state index in [1.165, 1.54) is 6.08 Å². The van der Waals surface area contributed by atoms with E-state index in [0.29, 0.717) is 42.9 Å². The number of hydrogen-bond donors (Lipinski definition) is 3. The number of amides is 2. The number of aryl methyl sites for hydroxylation is 1. The van der Waals surface area contributed by atoms with Crippen LogP contribution in [0.4, 0.5) is 18.0 Å². The van der Waals surface area contributed by atoms with E-state index in [-0.39, 0.29) is 30.0 Å². The minimum atomic E-state index is -4.41. The Morgan fingerprint density at radius 3 is 2.36 bits per heavy atom. The van der Waals surface area contributed by atoms with Crippen LogP contribution in [0.15, 0.2) is 53.5 Å². The summed E-state index contributed by atoms with van der Waals surface area (Å²) in [6, 6.07) is 13.5. The molecular formula is C28H35Cl4F3N4O3. The van der Waals surface area contributed by atoms with Gasteiger partial charge in [0.05, 0.1) is 41.7 Å². The van der Waals surface area contributed by atoms with Crippen LogP contribution in [0.1, 0.15) is 48.1 Å². The summed E-state index contributed by atoms with van der Waals surface area (Å²) in [4.78, 5) is 24.2. The van der Waals surface area contributed by atoms with Crippen LogP contribution in [0.25, 0.3) is 0 Å². The number of isocyanates is 1. The van der Waals surface area contributed by atoms with Crippen LogP contribution in [0.2, 0.25) is 0 Å².